The van der Waals surface area contributed by atoms with E-state index in [-0.39, 0.29) is 12.3 Å². The van der Waals surface area contributed by atoms with Crippen LogP contribution >= 0.6 is 23.2 Å². The standard InChI is InChI=1S/C16H15Cl2N3O2/c17-12-7-6-11(8-13(12)18)20-15(22)9-14(21-16(19)23)10-4-2-1-3-5-10/h1-8,14H,9H2,(H,20,22)(H3,19,21,23)/t14-/m0/s1. The number of hydrogen-bond donors (Lipinski definition) is 3. The van der Waals surface area contributed by atoms with Crippen LogP contribution in [0.25, 0.3) is 0 Å². The number of nitrogens with one attached hydrogen (secondary N) is 2. The van der Waals surface area contributed by atoms with E-state index in [1.54, 1.807) is 18.2 Å². The quantitative estimate of drug-likeness (QED) is 0.766. The van der Waals surface area contributed by atoms with Crippen LogP contribution in [0.15, 0.2) is 48.5 Å². The molecule has 120 valence electrons. The number of urea groups is 1. The summed E-state index contributed by atoms with van der Waals surface area (Å²) in [4.78, 5) is 23.3. The highest BCUT2D eigenvalue weighted by atomic mass is 35.5. The second kappa shape index (κ2) is 7.85. The summed E-state index contributed by atoms with van der Waals surface area (Å²) in [5.74, 6) is -0.286. The molecule has 2 rings (SSSR count). The van der Waals surface area contributed by atoms with Crippen molar-refractivity contribution in [1.82, 2.24) is 5.32 Å². The van der Waals surface area contributed by atoms with Crippen molar-refractivity contribution in [3.05, 3.63) is 64.1 Å². The van der Waals surface area contributed by atoms with Crippen molar-refractivity contribution < 1.29 is 9.59 Å². The lowest BCUT2D eigenvalue weighted by Gasteiger charge is -2.17. The molecule has 0 unspecified atom stereocenters. The molecule has 0 saturated carbocycles. The summed E-state index contributed by atoms with van der Waals surface area (Å²) in [5.41, 5.74) is 6.49. The lowest BCUT2D eigenvalue weighted by Crippen LogP contribution is -2.35. The zero-order chi connectivity index (χ0) is 16.8. The fraction of sp³-hybridized carbons (Fsp3) is 0.125. The van der Waals surface area contributed by atoms with Crippen LogP contribution in [0.4, 0.5) is 10.5 Å². The molecule has 0 aliphatic carbocycles. The average molecular weight is 352 g/mol. The van der Waals surface area contributed by atoms with Crippen molar-refractivity contribution in [3.63, 3.8) is 0 Å². The van der Waals surface area contributed by atoms with E-state index in [1.807, 2.05) is 30.3 Å². The van der Waals surface area contributed by atoms with Crippen molar-refractivity contribution in [2.24, 2.45) is 5.73 Å². The first-order valence-corrected chi connectivity index (χ1v) is 7.57. The Morgan fingerprint density at radius 2 is 1.74 bits per heavy atom. The molecule has 7 heteroatoms. The van der Waals surface area contributed by atoms with E-state index in [0.717, 1.165) is 5.56 Å². The van der Waals surface area contributed by atoms with E-state index < -0.39 is 12.1 Å². The molecule has 3 amide bonds. The van der Waals surface area contributed by atoms with Crippen molar-refractivity contribution in [3.8, 4) is 0 Å². The van der Waals surface area contributed by atoms with Crippen LogP contribution < -0.4 is 16.4 Å². The third-order valence-corrected chi connectivity index (χ3v) is 3.85. The minimum atomic E-state index is -0.693. The largest absolute Gasteiger partial charge is 0.352 e. The molecule has 5 nitrogen and oxygen atoms in total. The Balaban J connectivity index is 2.08. The fourth-order valence-electron chi connectivity index (χ4n) is 2.08. The van der Waals surface area contributed by atoms with E-state index >= 15 is 0 Å². The molecule has 0 saturated heterocycles. The first kappa shape index (κ1) is 17.1. The third kappa shape index (κ3) is 5.16. The number of carbonyl (C=O) groups excluding carboxylic acids is 2. The Labute approximate surface area is 143 Å². The average Bonchev–Trinajstić information content (AvgIpc) is 2.51. The van der Waals surface area contributed by atoms with Gasteiger partial charge in [0.15, 0.2) is 0 Å². The Hall–Kier alpha value is -2.24. The molecule has 23 heavy (non-hydrogen) atoms. The molecule has 0 fully saturated rings. The number of anilines is 1. The monoisotopic (exact) mass is 351 g/mol. The molecule has 0 aromatic heterocycles. The van der Waals surface area contributed by atoms with Crippen LogP contribution in [0, 0.1) is 0 Å². The van der Waals surface area contributed by atoms with Crippen LogP contribution in [0.5, 0.6) is 0 Å². The van der Waals surface area contributed by atoms with E-state index in [9.17, 15) is 9.59 Å². The van der Waals surface area contributed by atoms with Crippen LogP contribution in [-0.2, 0) is 4.79 Å². The normalized spacial score (nSPS) is 11.6. The fourth-order valence-corrected chi connectivity index (χ4v) is 2.38. The molecule has 4 N–H and O–H groups in total. The maximum Gasteiger partial charge on any atom is 0.312 e. The highest BCUT2D eigenvalue weighted by Crippen LogP contribution is 2.25. The zero-order valence-corrected chi connectivity index (χ0v) is 13.6. The molecule has 0 radical (unpaired) electrons. The third-order valence-electron chi connectivity index (χ3n) is 3.11. The van der Waals surface area contributed by atoms with Gasteiger partial charge in [-0.05, 0) is 23.8 Å². The van der Waals surface area contributed by atoms with Gasteiger partial charge in [-0.25, -0.2) is 4.79 Å². The molecular weight excluding hydrogens is 337 g/mol. The Kier molecular flexibility index (Phi) is 5.84. The molecule has 2 aromatic carbocycles. The van der Waals surface area contributed by atoms with Crippen LogP contribution in [0.2, 0.25) is 10.0 Å². The van der Waals surface area contributed by atoms with Crippen molar-refractivity contribution in [1.29, 1.82) is 0 Å². The Morgan fingerprint density at radius 1 is 1.04 bits per heavy atom. The van der Waals surface area contributed by atoms with Crippen molar-refractivity contribution in [2.75, 3.05) is 5.32 Å². The highest BCUT2D eigenvalue weighted by molar-refractivity contribution is 6.42. The van der Waals surface area contributed by atoms with Crippen molar-refractivity contribution in [2.45, 2.75) is 12.5 Å². The smallest absolute Gasteiger partial charge is 0.312 e. The predicted molar refractivity (Wildman–Crippen MR) is 91.6 cm³/mol. The second-order valence-corrected chi connectivity index (χ2v) is 5.67. The molecule has 1 atom stereocenters. The zero-order valence-electron chi connectivity index (χ0n) is 12.1. The number of nitrogens with two attached hydrogens (primary N) is 1. The van der Waals surface area contributed by atoms with Gasteiger partial charge in [0.05, 0.1) is 22.5 Å². The van der Waals surface area contributed by atoms with Gasteiger partial charge >= 0.3 is 6.03 Å². The minimum Gasteiger partial charge on any atom is -0.352 e. The van der Waals surface area contributed by atoms with Crippen molar-refractivity contribution >= 4 is 40.8 Å². The predicted octanol–water partition coefficient (Wildman–Crippen LogP) is 3.73. The lowest BCUT2D eigenvalue weighted by molar-refractivity contribution is -0.116. The molecule has 0 heterocycles. The maximum absolute atomic E-state index is 12.2. The maximum atomic E-state index is 12.2. The van der Waals surface area contributed by atoms with Gasteiger partial charge in [-0.3, -0.25) is 4.79 Å². The van der Waals surface area contributed by atoms with Gasteiger partial charge in [0, 0.05) is 5.69 Å². The van der Waals surface area contributed by atoms with Gasteiger partial charge in [0.25, 0.3) is 0 Å². The summed E-state index contributed by atoms with van der Waals surface area (Å²) < 4.78 is 0. The highest BCUT2D eigenvalue weighted by Gasteiger charge is 2.17. The first-order chi connectivity index (χ1) is 11.0. The van der Waals surface area contributed by atoms with Gasteiger partial charge in [0.2, 0.25) is 5.91 Å². The Morgan fingerprint density at radius 3 is 2.35 bits per heavy atom. The topological polar surface area (TPSA) is 84.2 Å². The number of primary amides is 1. The van der Waals surface area contributed by atoms with Crippen LogP contribution in [0.1, 0.15) is 18.0 Å². The molecular formula is C16H15Cl2N3O2. The number of amides is 3. The summed E-state index contributed by atoms with van der Waals surface area (Å²) >= 11 is 11.7. The summed E-state index contributed by atoms with van der Waals surface area (Å²) in [7, 11) is 0. The van der Waals surface area contributed by atoms with Gasteiger partial charge < -0.3 is 16.4 Å². The number of halogens is 2. The Bertz CT molecular complexity index is 708. The van der Waals surface area contributed by atoms with E-state index in [1.165, 1.54) is 0 Å². The summed E-state index contributed by atoms with van der Waals surface area (Å²) in [6.07, 6.45) is 0.0349. The van der Waals surface area contributed by atoms with Crippen LogP contribution in [0.3, 0.4) is 0 Å². The molecule has 0 bridgehead atoms. The number of carbonyl (C=O) groups is 2. The summed E-state index contributed by atoms with van der Waals surface area (Å²) in [6, 6.07) is 12.7. The minimum absolute atomic E-state index is 0.0349. The molecule has 0 spiro atoms. The summed E-state index contributed by atoms with van der Waals surface area (Å²) in [5, 5.41) is 6.02. The number of benzene rings is 2. The van der Waals surface area contributed by atoms with Gasteiger partial charge in [-0.1, -0.05) is 53.5 Å². The second-order valence-electron chi connectivity index (χ2n) is 4.85. The van der Waals surface area contributed by atoms with Crippen LogP contribution in [-0.4, -0.2) is 11.9 Å². The number of hydrogen-bond acceptors (Lipinski definition) is 2. The SMILES string of the molecule is NC(=O)N[C@@H](CC(=O)Nc1ccc(Cl)c(Cl)c1)c1ccccc1. The first-order valence-electron chi connectivity index (χ1n) is 6.81. The van der Waals surface area contributed by atoms with Gasteiger partial charge in [0.1, 0.15) is 0 Å². The van der Waals surface area contributed by atoms with Gasteiger partial charge in [-0.15, -0.1) is 0 Å². The van der Waals surface area contributed by atoms with E-state index in [2.05, 4.69) is 10.6 Å². The number of rotatable bonds is 5. The summed E-state index contributed by atoms with van der Waals surface area (Å²) in [6.45, 7) is 0. The van der Waals surface area contributed by atoms with Gasteiger partial charge in [-0.2, -0.15) is 0 Å². The van der Waals surface area contributed by atoms with E-state index in [4.69, 9.17) is 28.9 Å². The molecule has 0 aliphatic rings. The molecule has 2 aromatic rings. The molecule has 0 aliphatic heterocycles. The lowest BCUT2D eigenvalue weighted by atomic mass is 10.0. The van der Waals surface area contributed by atoms with E-state index in [0.29, 0.717) is 15.7 Å².